The van der Waals surface area contributed by atoms with E-state index in [1.54, 1.807) is 13.0 Å². The van der Waals surface area contributed by atoms with Gasteiger partial charge in [0.15, 0.2) is 0 Å². The van der Waals surface area contributed by atoms with Crippen LogP contribution in [0.15, 0.2) is 22.7 Å². The molecule has 0 aromatic heterocycles. The fourth-order valence-electron chi connectivity index (χ4n) is 0.927. The quantitative estimate of drug-likeness (QED) is 0.760. The molecule has 0 saturated heterocycles. The number of hydrogen-bond acceptors (Lipinski definition) is 2. The first-order valence-corrected chi connectivity index (χ1v) is 4.83. The summed E-state index contributed by atoms with van der Waals surface area (Å²) < 4.78 is 5.70. The van der Waals surface area contributed by atoms with E-state index < -0.39 is 0 Å². The molecule has 0 amide bonds. The van der Waals surface area contributed by atoms with Gasteiger partial charge in [0.25, 0.3) is 0 Å². The standard InChI is InChI=1S/C10H10BrO2/c1-2-13-10(12)7-8-3-5-9(11)6-4-8/h3-5H,2,7H2,1H3. The molecule has 0 aliphatic heterocycles. The van der Waals surface area contributed by atoms with Gasteiger partial charge in [-0.25, -0.2) is 0 Å². The maximum atomic E-state index is 11.0. The van der Waals surface area contributed by atoms with Gasteiger partial charge in [0.1, 0.15) is 0 Å². The summed E-state index contributed by atoms with van der Waals surface area (Å²) in [6, 6.07) is 8.46. The van der Waals surface area contributed by atoms with Crippen molar-refractivity contribution in [1.29, 1.82) is 0 Å². The average Bonchev–Trinajstić information content (AvgIpc) is 2.09. The van der Waals surface area contributed by atoms with E-state index in [4.69, 9.17) is 4.74 Å². The Labute approximate surface area is 86.0 Å². The summed E-state index contributed by atoms with van der Waals surface area (Å²) in [6.45, 7) is 2.23. The van der Waals surface area contributed by atoms with Crippen molar-refractivity contribution in [3.8, 4) is 0 Å². The van der Waals surface area contributed by atoms with Crippen LogP contribution >= 0.6 is 15.9 Å². The molecule has 0 spiro atoms. The minimum absolute atomic E-state index is 0.196. The van der Waals surface area contributed by atoms with E-state index >= 15 is 0 Å². The molecule has 0 aliphatic rings. The van der Waals surface area contributed by atoms with Gasteiger partial charge >= 0.3 is 5.97 Å². The summed E-state index contributed by atoms with van der Waals surface area (Å²) in [5.74, 6) is -0.196. The van der Waals surface area contributed by atoms with Crippen molar-refractivity contribution in [3.63, 3.8) is 0 Å². The van der Waals surface area contributed by atoms with Crippen LogP contribution in [0.4, 0.5) is 0 Å². The Morgan fingerprint density at radius 2 is 2.38 bits per heavy atom. The van der Waals surface area contributed by atoms with Crippen LogP contribution in [-0.2, 0) is 16.0 Å². The average molecular weight is 242 g/mol. The zero-order chi connectivity index (χ0) is 9.68. The minimum Gasteiger partial charge on any atom is -0.466 e. The van der Waals surface area contributed by atoms with Crippen LogP contribution in [-0.4, -0.2) is 12.6 Å². The van der Waals surface area contributed by atoms with Gasteiger partial charge in [-0.15, -0.1) is 0 Å². The van der Waals surface area contributed by atoms with Crippen LogP contribution in [0.3, 0.4) is 0 Å². The molecule has 1 aromatic carbocycles. The molecule has 0 N–H and O–H groups in total. The lowest BCUT2D eigenvalue weighted by atomic mass is 10.2. The van der Waals surface area contributed by atoms with E-state index in [0.717, 1.165) is 10.0 Å². The van der Waals surface area contributed by atoms with Crippen molar-refractivity contribution in [1.82, 2.24) is 0 Å². The van der Waals surface area contributed by atoms with E-state index in [-0.39, 0.29) is 5.97 Å². The molecule has 1 aromatic rings. The third kappa shape index (κ3) is 3.59. The Balaban J connectivity index is 2.54. The number of halogens is 1. The Kier molecular flexibility index (Phi) is 3.96. The fraction of sp³-hybridized carbons (Fsp3) is 0.300. The molecule has 2 nitrogen and oxygen atoms in total. The molecule has 0 atom stereocenters. The van der Waals surface area contributed by atoms with E-state index in [0.29, 0.717) is 13.0 Å². The Hall–Kier alpha value is -0.830. The second kappa shape index (κ2) is 5.02. The van der Waals surface area contributed by atoms with Gasteiger partial charge in [0, 0.05) is 4.47 Å². The third-order valence-electron chi connectivity index (χ3n) is 1.49. The molecule has 1 radical (unpaired) electrons. The summed E-state index contributed by atoms with van der Waals surface area (Å²) in [5.41, 5.74) is 0.918. The fourth-order valence-corrected chi connectivity index (χ4v) is 1.17. The molecule has 0 saturated carbocycles. The lowest BCUT2D eigenvalue weighted by Crippen LogP contribution is -2.07. The monoisotopic (exact) mass is 241 g/mol. The van der Waals surface area contributed by atoms with Crippen molar-refractivity contribution in [2.45, 2.75) is 13.3 Å². The number of carbonyl (C=O) groups excluding carboxylic acids is 1. The first-order chi connectivity index (χ1) is 6.22. The highest BCUT2D eigenvalue weighted by molar-refractivity contribution is 9.10. The molecule has 3 heteroatoms. The number of hydrogen-bond donors (Lipinski definition) is 0. The van der Waals surface area contributed by atoms with Crippen molar-refractivity contribution >= 4 is 21.9 Å². The summed E-state index contributed by atoms with van der Waals surface area (Å²) in [5, 5.41) is 0. The van der Waals surface area contributed by atoms with Crippen LogP contribution in [0.1, 0.15) is 12.5 Å². The highest BCUT2D eigenvalue weighted by Crippen LogP contribution is 2.10. The first kappa shape index (κ1) is 10.3. The van der Waals surface area contributed by atoms with Gasteiger partial charge in [0.2, 0.25) is 0 Å². The zero-order valence-corrected chi connectivity index (χ0v) is 8.93. The van der Waals surface area contributed by atoms with Crippen molar-refractivity contribution in [3.05, 3.63) is 34.3 Å². The summed E-state index contributed by atoms with van der Waals surface area (Å²) in [6.07, 6.45) is 0.317. The molecule has 0 aliphatic carbocycles. The van der Waals surface area contributed by atoms with Crippen LogP contribution in [0.25, 0.3) is 0 Å². The van der Waals surface area contributed by atoms with Crippen molar-refractivity contribution < 1.29 is 9.53 Å². The number of carbonyl (C=O) groups is 1. The molecule has 0 unspecified atom stereocenters. The van der Waals surface area contributed by atoms with Gasteiger partial charge in [-0.05, 0) is 30.7 Å². The zero-order valence-electron chi connectivity index (χ0n) is 7.34. The number of ether oxygens (including phenoxy) is 1. The molecule has 0 heterocycles. The number of benzene rings is 1. The Bertz CT molecular complexity index is 279. The summed E-state index contributed by atoms with van der Waals surface area (Å²) in [7, 11) is 0. The SMILES string of the molecule is CCOC(=O)Cc1c[c]c(Br)cc1. The van der Waals surface area contributed by atoms with E-state index in [1.165, 1.54) is 0 Å². The smallest absolute Gasteiger partial charge is 0.310 e. The van der Waals surface area contributed by atoms with Gasteiger partial charge in [-0.2, -0.15) is 0 Å². The summed E-state index contributed by atoms with van der Waals surface area (Å²) in [4.78, 5) is 11.0. The predicted octanol–water partition coefficient (Wildman–Crippen LogP) is 2.35. The molecular weight excluding hydrogens is 232 g/mol. The lowest BCUT2D eigenvalue weighted by molar-refractivity contribution is -0.142. The van der Waals surface area contributed by atoms with Crippen molar-refractivity contribution in [2.75, 3.05) is 6.61 Å². The van der Waals surface area contributed by atoms with Gasteiger partial charge in [-0.3, -0.25) is 4.79 Å². The lowest BCUT2D eigenvalue weighted by Gasteiger charge is -2.01. The highest BCUT2D eigenvalue weighted by atomic mass is 79.9. The predicted molar refractivity (Wildman–Crippen MR) is 53.3 cm³/mol. The van der Waals surface area contributed by atoms with Crippen LogP contribution in [0, 0.1) is 6.07 Å². The second-order valence-electron chi connectivity index (χ2n) is 2.53. The first-order valence-electron chi connectivity index (χ1n) is 4.04. The normalized spacial score (nSPS) is 9.69. The van der Waals surface area contributed by atoms with Crippen molar-refractivity contribution in [2.24, 2.45) is 0 Å². The third-order valence-corrected chi connectivity index (χ3v) is 1.99. The molecule has 1 rings (SSSR count). The van der Waals surface area contributed by atoms with Crippen LogP contribution in [0.5, 0.6) is 0 Å². The van der Waals surface area contributed by atoms with Crippen LogP contribution in [0.2, 0.25) is 0 Å². The molecule has 0 fully saturated rings. The maximum absolute atomic E-state index is 11.0. The summed E-state index contributed by atoms with van der Waals surface area (Å²) >= 11 is 3.27. The number of rotatable bonds is 3. The number of esters is 1. The highest BCUT2D eigenvalue weighted by Gasteiger charge is 2.02. The topological polar surface area (TPSA) is 26.3 Å². The van der Waals surface area contributed by atoms with E-state index in [2.05, 4.69) is 22.0 Å². The molecule has 0 bridgehead atoms. The molecule has 13 heavy (non-hydrogen) atoms. The minimum atomic E-state index is -0.196. The van der Waals surface area contributed by atoms with E-state index in [1.807, 2.05) is 12.1 Å². The van der Waals surface area contributed by atoms with Gasteiger partial charge < -0.3 is 4.74 Å². The van der Waals surface area contributed by atoms with Gasteiger partial charge in [-0.1, -0.05) is 22.0 Å². The largest absolute Gasteiger partial charge is 0.466 e. The Morgan fingerprint density at radius 3 is 2.92 bits per heavy atom. The Morgan fingerprint density at radius 1 is 1.62 bits per heavy atom. The molecular formula is C10H10BrO2. The molecule has 69 valence electrons. The van der Waals surface area contributed by atoms with Crippen LogP contribution < -0.4 is 0 Å². The maximum Gasteiger partial charge on any atom is 0.310 e. The van der Waals surface area contributed by atoms with Gasteiger partial charge in [0.05, 0.1) is 13.0 Å². The second-order valence-corrected chi connectivity index (χ2v) is 3.38. The van der Waals surface area contributed by atoms with E-state index in [9.17, 15) is 4.79 Å².